The van der Waals surface area contributed by atoms with Gasteiger partial charge in [-0.25, -0.2) is 4.79 Å². The molecule has 0 atom stereocenters. The third-order valence-electron chi connectivity index (χ3n) is 3.46. The van der Waals surface area contributed by atoms with Crippen molar-refractivity contribution in [1.82, 2.24) is 0 Å². The summed E-state index contributed by atoms with van der Waals surface area (Å²) in [5.41, 5.74) is 2.60. The van der Waals surface area contributed by atoms with E-state index in [1.807, 2.05) is 50.2 Å². The summed E-state index contributed by atoms with van der Waals surface area (Å²) in [4.78, 5) is 12.3. The first kappa shape index (κ1) is 17.1. The van der Waals surface area contributed by atoms with Crippen molar-refractivity contribution in [2.24, 2.45) is 5.92 Å². The van der Waals surface area contributed by atoms with Crippen LogP contribution in [0.3, 0.4) is 0 Å². The van der Waals surface area contributed by atoms with Crippen molar-refractivity contribution in [3.63, 3.8) is 0 Å². The molecule has 0 amide bonds. The topological polar surface area (TPSA) is 35.5 Å². The van der Waals surface area contributed by atoms with Crippen molar-refractivity contribution in [2.45, 2.75) is 20.3 Å². The second kappa shape index (κ2) is 7.32. The third-order valence-corrected chi connectivity index (χ3v) is 3.46. The van der Waals surface area contributed by atoms with Gasteiger partial charge in [0, 0.05) is 41.5 Å². The first-order chi connectivity index (χ1) is 10.1. The number of carbonyl (C=O) groups is 1. The molecule has 0 saturated carbocycles. The quantitative estimate of drug-likeness (QED) is 0.545. The van der Waals surface area contributed by atoms with Crippen LogP contribution in [0.5, 0.6) is 11.5 Å². The number of ether oxygens (including phenoxy) is 2. The number of rotatable bonds is 3. The predicted octanol–water partition coefficient (Wildman–Crippen LogP) is 3.82. The standard InChI is InChI=1S/C18H18O3.Na/c1-12(2)11-20-18(19)14-7-5-9-17-15(14)10-13-6-3-4-8-16(13)21-17;/h3-9,12H,10-11H2,1-2H3;. The maximum Gasteiger partial charge on any atom is 0.338 e. The van der Waals surface area contributed by atoms with E-state index >= 15 is 0 Å². The van der Waals surface area contributed by atoms with Crippen LogP contribution in [-0.2, 0) is 11.2 Å². The van der Waals surface area contributed by atoms with E-state index < -0.39 is 0 Å². The summed E-state index contributed by atoms with van der Waals surface area (Å²) in [7, 11) is 0. The van der Waals surface area contributed by atoms with E-state index in [2.05, 4.69) is 0 Å². The molecule has 0 aliphatic carbocycles. The minimum absolute atomic E-state index is 0. The Kier molecular flexibility index (Phi) is 5.68. The minimum Gasteiger partial charge on any atom is -0.462 e. The van der Waals surface area contributed by atoms with Gasteiger partial charge in [-0.15, -0.1) is 0 Å². The molecule has 0 bridgehead atoms. The van der Waals surface area contributed by atoms with Crippen molar-refractivity contribution < 1.29 is 14.3 Å². The Bertz CT molecular complexity index is 680. The molecule has 4 heteroatoms. The fourth-order valence-corrected chi connectivity index (χ4v) is 2.41. The number of esters is 1. The van der Waals surface area contributed by atoms with Gasteiger partial charge in [0.05, 0.1) is 12.2 Å². The van der Waals surface area contributed by atoms with Crippen molar-refractivity contribution in [2.75, 3.05) is 6.61 Å². The van der Waals surface area contributed by atoms with Gasteiger partial charge in [-0.1, -0.05) is 38.1 Å². The van der Waals surface area contributed by atoms with Crippen LogP contribution in [0.4, 0.5) is 0 Å². The Morgan fingerprint density at radius 1 is 1.14 bits per heavy atom. The Hall–Kier alpha value is -1.29. The molecule has 1 aliphatic heterocycles. The Balaban J connectivity index is 0.00000176. The van der Waals surface area contributed by atoms with Gasteiger partial charge in [0.25, 0.3) is 0 Å². The largest absolute Gasteiger partial charge is 0.462 e. The Morgan fingerprint density at radius 3 is 2.64 bits per heavy atom. The summed E-state index contributed by atoms with van der Waals surface area (Å²) in [6, 6.07) is 13.4. The number of carbonyl (C=O) groups excluding carboxylic acids is 1. The molecule has 3 rings (SSSR count). The number of fused-ring (bicyclic) bond motifs is 2. The van der Waals surface area contributed by atoms with Crippen LogP contribution in [0.1, 0.15) is 35.3 Å². The van der Waals surface area contributed by atoms with Gasteiger partial charge in [-0.05, 0) is 29.7 Å². The molecule has 0 fully saturated rings. The number of hydrogen-bond acceptors (Lipinski definition) is 3. The SMILES string of the molecule is CC(C)COC(=O)c1cccc2c1Cc1ccccc1O2.[Na]. The fourth-order valence-electron chi connectivity index (χ4n) is 2.41. The average molecular weight is 305 g/mol. The zero-order chi connectivity index (χ0) is 14.8. The average Bonchev–Trinajstić information content (AvgIpc) is 2.50. The van der Waals surface area contributed by atoms with Gasteiger partial charge in [0.15, 0.2) is 0 Å². The minimum atomic E-state index is -0.275. The first-order valence-electron chi connectivity index (χ1n) is 7.20. The molecule has 2 aromatic carbocycles. The maximum atomic E-state index is 12.3. The molecule has 0 spiro atoms. The summed E-state index contributed by atoms with van der Waals surface area (Å²) in [6.07, 6.45) is 0.693. The normalized spacial score (nSPS) is 11.8. The van der Waals surface area contributed by atoms with E-state index in [0.29, 0.717) is 24.5 Å². The van der Waals surface area contributed by atoms with Crippen LogP contribution in [0.2, 0.25) is 0 Å². The second-order valence-corrected chi connectivity index (χ2v) is 5.66. The van der Waals surface area contributed by atoms with Crippen LogP contribution in [0.25, 0.3) is 0 Å². The molecule has 1 radical (unpaired) electrons. The van der Waals surface area contributed by atoms with Crippen LogP contribution < -0.4 is 4.74 Å². The van der Waals surface area contributed by atoms with E-state index in [1.165, 1.54) is 0 Å². The molecule has 0 N–H and O–H groups in total. The molecule has 22 heavy (non-hydrogen) atoms. The molecule has 109 valence electrons. The van der Waals surface area contributed by atoms with Crippen LogP contribution in [0, 0.1) is 5.92 Å². The van der Waals surface area contributed by atoms with E-state index in [0.717, 1.165) is 22.6 Å². The monoisotopic (exact) mass is 305 g/mol. The first-order valence-corrected chi connectivity index (χ1v) is 7.20. The Morgan fingerprint density at radius 2 is 1.86 bits per heavy atom. The van der Waals surface area contributed by atoms with Gasteiger partial charge in [-0.2, -0.15) is 0 Å². The zero-order valence-electron chi connectivity index (χ0n) is 13.3. The smallest absolute Gasteiger partial charge is 0.338 e. The third kappa shape index (κ3) is 3.54. The van der Waals surface area contributed by atoms with E-state index in [4.69, 9.17) is 9.47 Å². The van der Waals surface area contributed by atoms with Gasteiger partial charge in [0.2, 0.25) is 0 Å². The molecule has 0 saturated heterocycles. The van der Waals surface area contributed by atoms with Crippen LogP contribution >= 0.6 is 0 Å². The maximum absolute atomic E-state index is 12.3. The summed E-state index contributed by atoms with van der Waals surface area (Å²) < 4.78 is 11.2. The van der Waals surface area contributed by atoms with Crippen molar-refractivity contribution >= 4 is 35.5 Å². The fraction of sp³-hybridized carbons (Fsp3) is 0.278. The molecular weight excluding hydrogens is 287 g/mol. The summed E-state index contributed by atoms with van der Waals surface area (Å²) >= 11 is 0. The number of hydrogen-bond donors (Lipinski definition) is 0. The summed E-state index contributed by atoms with van der Waals surface area (Å²) in [5, 5.41) is 0. The van der Waals surface area contributed by atoms with Crippen molar-refractivity contribution in [1.29, 1.82) is 0 Å². The Labute approximate surface area is 152 Å². The van der Waals surface area contributed by atoms with Crippen molar-refractivity contribution in [3.8, 4) is 11.5 Å². The van der Waals surface area contributed by atoms with Gasteiger partial charge >= 0.3 is 5.97 Å². The van der Waals surface area contributed by atoms with Gasteiger partial charge < -0.3 is 9.47 Å². The predicted molar refractivity (Wildman–Crippen MR) is 86.6 cm³/mol. The van der Waals surface area contributed by atoms with Gasteiger partial charge in [-0.3, -0.25) is 0 Å². The van der Waals surface area contributed by atoms with Crippen LogP contribution in [0.15, 0.2) is 42.5 Å². The number of para-hydroxylation sites is 1. The molecule has 1 aliphatic rings. The van der Waals surface area contributed by atoms with Gasteiger partial charge in [0.1, 0.15) is 11.5 Å². The zero-order valence-corrected chi connectivity index (χ0v) is 15.3. The molecule has 3 nitrogen and oxygen atoms in total. The molecule has 2 aromatic rings. The van der Waals surface area contributed by atoms with E-state index in [9.17, 15) is 4.79 Å². The molecule has 0 unspecified atom stereocenters. The summed E-state index contributed by atoms with van der Waals surface area (Å²) in [6.45, 7) is 4.47. The van der Waals surface area contributed by atoms with E-state index in [1.54, 1.807) is 6.07 Å². The number of benzene rings is 2. The second-order valence-electron chi connectivity index (χ2n) is 5.66. The van der Waals surface area contributed by atoms with Crippen molar-refractivity contribution in [3.05, 3.63) is 59.2 Å². The van der Waals surface area contributed by atoms with E-state index in [-0.39, 0.29) is 35.5 Å². The molecular formula is C18H18NaO3. The summed E-state index contributed by atoms with van der Waals surface area (Å²) in [5.74, 6) is 1.65. The molecule has 1 heterocycles. The van der Waals surface area contributed by atoms with Crippen LogP contribution in [-0.4, -0.2) is 42.1 Å². The molecule has 0 aromatic heterocycles.